The van der Waals surface area contributed by atoms with Crippen LogP contribution in [0.4, 0.5) is 0 Å². The minimum atomic E-state index is -0.151. The molecule has 0 amide bonds. The third-order valence-electron chi connectivity index (χ3n) is 3.41. The summed E-state index contributed by atoms with van der Waals surface area (Å²) in [4.78, 5) is 0. The summed E-state index contributed by atoms with van der Waals surface area (Å²) in [5.74, 6) is 2.19. The molecule has 100 valence electrons. The normalized spacial score (nSPS) is 15.2. The number of thioether (sulfide) groups is 1. The van der Waals surface area contributed by atoms with Crippen LogP contribution in [0.1, 0.15) is 30.4 Å². The summed E-state index contributed by atoms with van der Waals surface area (Å²) < 4.78 is 5.49. The zero-order valence-electron chi connectivity index (χ0n) is 11.0. The Morgan fingerprint density at radius 3 is 3.11 bits per heavy atom. The van der Waals surface area contributed by atoms with Gasteiger partial charge in [-0.1, -0.05) is 12.1 Å². The van der Waals surface area contributed by atoms with Gasteiger partial charge in [0.2, 0.25) is 0 Å². The van der Waals surface area contributed by atoms with Gasteiger partial charge in [0.25, 0.3) is 0 Å². The zero-order valence-corrected chi connectivity index (χ0v) is 11.8. The number of aliphatic hydroxyl groups excluding tert-OH is 1. The van der Waals surface area contributed by atoms with Crippen molar-refractivity contribution in [1.29, 1.82) is 0 Å². The van der Waals surface area contributed by atoms with Gasteiger partial charge in [-0.2, -0.15) is 11.8 Å². The number of hydrogen-bond acceptors (Lipinski definition) is 3. The van der Waals surface area contributed by atoms with Crippen LogP contribution in [0.15, 0.2) is 18.2 Å². The lowest BCUT2D eigenvalue weighted by molar-refractivity contribution is 0.154. The first-order valence-corrected chi connectivity index (χ1v) is 8.10. The van der Waals surface area contributed by atoms with Crippen molar-refractivity contribution in [3.63, 3.8) is 0 Å². The van der Waals surface area contributed by atoms with Crippen LogP contribution in [0.3, 0.4) is 0 Å². The van der Waals surface area contributed by atoms with Crippen molar-refractivity contribution in [3.8, 4) is 5.75 Å². The summed E-state index contributed by atoms with van der Waals surface area (Å²) in [5.41, 5.74) is 2.65. The van der Waals surface area contributed by atoms with Crippen LogP contribution in [-0.2, 0) is 12.8 Å². The summed E-state index contributed by atoms with van der Waals surface area (Å²) in [5, 5.41) is 9.90. The van der Waals surface area contributed by atoms with E-state index in [4.69, 9.17) is 4.74 Å². The number of aliphatic hydroxyl groups is 1. The highest BCUT2D eigenvalue weighted by Gasteiger charge is 2.12. The van der Waals surface area contributed by atoms with E-state index in [1.807, 2.05) is 11.8 Å². The first kappa shape index (κ1) is 13.8. The monoisotopic (exact) mass is 266 g/mol. The molecule has 0 saturated heterocycles. The molecule has 0 spiro atoms. The average Bonchev–Trinajstić information content (AvgIpc) is 2.84. The van der Waals surface area contributed by atoms with Gasteiger partial charge in [-0.15, -0.1) is 0 Å². The number of benzene rings is 1. The van der Waals surface area contributed by atoms with E-state index in [-0.39, 0.29) is 6.10 Å². The number of ether oxygens (including phenoxy) is 1. The summed E-state index contributed by atoms with van der Waals surface area (Å²) in [7, 11) is 0. The van der Waals surface area contributed by atoms with E-state index in [9.17, 15) is 5.11 Å². The molecular weight excluding hydrogens is 244 g/mol. The molecule has 0 radical (unpaired) electrons. The quantitative estimate of drug-likeness (QED) is 0.769. The Balaban J connectivity index is 1.76. The molecule has 1 N–H and O–H groups in total. The van der Waals surface area contributed by atoms with Crippen molar-refractivity contribution in [3.05, 3.63) is 29.3 Å². The molecule has 18 heavy (non-hydrogen) atoms. The fraction of sp³-hybridized carbons (Fsp3) is 0.600. The fourth-order valence-corrected chi connectivity index (χ4v) is 2.79. The minimum Gasteiger partial charge on any atom is -0.493 e. The molecule has 0 aromatic heterocycles. The second kappa shape index (κ2) is 7.05. The van der Waals surface area contributed by atoms with Crippen molar-refractivity contribution in [2.45, 2.75) is 38.2 Å². The smallest absolute Gasteiger partial charge is 0.122 e. The van der Waals surface area contributed by atoms with Crippen molar-refractivity contribution in [2.75, 3.05) is 18.6 Å². The lowest BCUT2D eigenvalue weighted by Crippen LogP contribution is -2.08. The molecule has 2 rings (SSSR count). The Morgan fingerprint density at radius 1 is 1.39 bits per heavy atom. The van der Waals surface area contributed by atoms with Gasteiger partial charge in [-0.3, -0.25) is 0 Å². The Labute approximate surface area is 114 Å². The Hall–Kier alpha value is -0.670. The van der Waals surface area contributed by atoms with Gasteiger partial charge in [-0.25, -0.2) is 0 Å². The molecule has 1 aliphatic heterocycles. The number of hydrogen-bond donors (Lipinski definition) is 1. The standard InChI is InChI=1S/C15H22O2S/c1-18-10-2-3-14(16)6-4-12-5-7-15-13(11-12)8-9-17-15/h5,7,11,14,16H,2-4,6,8-10H2,1H3. The summed E-state index contributed by atoms with van der Waals surface area (Å²) >= 11 is 1.85. The summed E-state index contributed by atoms with van der Waals surface area (Å²) in [6.07, 6.45) is 6.86. The Kier molecular flexibility index (Phi) is 5.39. The number of rotatable bonds is 7. The van der Waals surface area contributed by atoms with Gasteiger partial charge in [0, 0.05) is 6.42 Å². The lowest BCUT2D eigenvalue weighted by Gasteiger charge is -2.10. The molecule has 0 saturated carbocycles. The van der Waals surface area contributed by atoms with Gasteiger partial charge >= 0.3 is 0 Å². The molecule has 1 aliphatic rings. The first-order valence-electron chi connectivity index (χ1n) is 6.71. The highest BCUT2D eigenvalue weighted by molar-refractivity contribution is 7.98. The highest BCUT2D eigenvalue weighted by Crippen LogP contribution is 2.26. The predicted octanol–water partition coefficient (Wildman–Crippen LogP) is 3.06. The van der Waals surface area contributed by atoms with E-state index in [2.05, 4.69) is 24.5 Å². The average molecular weight is 266 g/mol. The van der Waals surface area contributed by atoms with Crippen LogP contribution in [-0.4, -0.2) is 29.8 Å². The molecule has 0 fully saturated rings. The second-order valence-electron chi connectivity index (χ2n) is 4.87. The number of aryl methyl sites for hydroxylation is 1. The topological polar surface area (TPSA) is 29.5 Å². The lowest BCUT2D eigenvalue weighted by atomic mass is 10.0. The second-order valence-corrected chi connectivity index (χ2v) is 5.85. The van der Waals surface area contributed by atoms with Crippen LogP contribution >= 0.6 is 11.8 Å². The number of fused-ring (bicyclic) bond motifs is 1. The maximum atomic E-state index is 9.90. The van der Waals surface area contributed by atoms with Gasteiger partial charge in [-0.05, 0) is 54.9 Å². The molecule has 1 aromatic rings. The third-order valence-corrected chi connectivity index (χ3v) is 4.10. The van der Waals surface area contributed by atoms with Crippen LogP contribution in [0.2, 0.25) is 0 Å². The summed E-state index contributed by atoms with van der Waals surface area (Å²) in [6.45, 7) is 0.816. The van der Waals surface area contributed by atoms with Crippen LogP contribution in [0.25, 0.3) is 0 Å². The molecule has 0 aliphatic carbocycles. The van der Waals surface area contributed by atoms with Crippen molar-refractivity contribution in [1.82, 2.24) is 0 Å². The SMILES string of the molecule is CSCCCC(O)CCc1ccc2c(c1)CCO2. The van der Waals surface area contributed by atoms with E-state index in [0.29, 0.717) is 0 Å². The van der Waals surface area contributed by atoms with Crippen molar-refractivity contribution in [2.24, 2.45) is 0 Å². The largest absolute Gasteiger partial charge is 0.493 e. The molecule has 1 heterocycles. The maximum absolute atomic E-state index is 9.90. The molecular formula is C15H22O2S. The molecule has 1 aromatic carbocycles. The minimum absolute atomic E-state index is 0.151. The molecule has 3 heteroatoms. The Bertz CT molecular complexity index is 379. The fourth-order valence-electron chi connectivity index (χ4n) is 2.34. The van der Waals surface area contributed by atoms with Crippen LogP contribution < -0.4 is 4.74 Å². The van der Waals surface area contributed by atoms with E-state index in [1.165, 1.54) is 11.1 Å². The van der Waals surface area contributed by atoms with E-state index < -0.39 is 0 Å². The van der Waals surface area contributed by atoms with Crippen LogP contribution in [0.5, 0.6) is 5.75 Å². The summed E-state index contributed by atoms with van der Waals surface area (Å²) in [6, 6.07) is 6.42. The van der Waals surface area contributed by atoms with Crippen molar-refractivity contribution >= 4 is 11.8 Å². The van der Waals surface area contributed by atoms with E-state index in [1.54, 1.807) is 0 Å². The van der Waals surface area contributed by atoms with Gasteiger partial charge in [0.15, 0.2) is 0 Å². The first-order chi connectivity index (χ1) is 8.79. The van der Waals surface area contributed by atoms with Crippen LogP contribution in [0, 0.1) is 0 Å². The van der Waals surface area contributed by atoms with Crippen molar-refractivity contribution < 1.29 is 9.84 Å². The highest BCUT2D eigenvalue weighted by atomic mass is 32.2. The third kappa shape index (κ3) is 3.92. The maximum Gasteiger partial charge on any atom is 0.122 e. The van der Waals surface area contributed by atoms with E-state index in [0.717, 1.165) is 50.2 Å². The predicted molar refractivity (Wildman–Crippen MR) is 77.6 cm³/mol. The van der Waals surface area contributed by atoms with Gasteiger partial charge < -0.3 is 9.84 Å². The zero-order chi connectivity index (χ0) is 12.8. The Morgan fingerprint density at radius 2 is 2.28 bits per heavy atom. The molecule has 2 nitrogen and oxygen atoms in total. The molecule has 1 atom stereocenters. The molecule has 1 unspecified atom stereocenters. The van der Waals surface area contributed by atoms with E-state index >= 15 is 0 Å². The van der Waals surface area contributed by atoms with Gasteiger partial charge in [0.1, 0.15) is 5.75 Å². The molecule has 0 bridgehead atoms. The van der Waals surface area contributed by atoms with Gasteiger partial charge in [0.05, 0.1) is 12.7 Å².